The van der Waals surface area contributed by atoms with Crippen molar-refractivity contribution in [3.8, 4) is 78.1 Å². The van der Waals surface area contributed by atoms with E-state index in [1.54, 1.807) is 0 Å². The number of hydrogen-bond acceptors (Lipinski definition) is 3. The van der Waals surface area contributed by atoms with Gasteiger partial charge in [0.05, 0.1) is 22.8 Å². The molecule has 0 saturated heterocycles. The van der Waals surface area contributed by atoms with Gasteiger partial charge in [0.1, 0.15) is 0 Å². The molecule has 0 amide bonds. The summed E-state index contributed by atoms with van der Waals surface area (Å²) in [5.41, 5.74) is 20.7. The molecule has 2 heterocycles. The summed E-state index contributed by atoms with van der Waals surface area (Å²) < 4.78 is 0. The molecule has 1 aromatic heterocycles. The van der Waals surface area contributed by atoms with Gasteiger partial charge in [-0.3, -0.25) is 0 Å². The van der Waals surface area contributed by atoms with Gasteiger partial charge in [-0.1, -0.05) is 231 Å². The van der Waals surface area contributed by atoms with Crippen molar-refractivity contribution in [2.75, 3.05) is 0 Å². The van der Waals surface area contributed by atoms with E-state index in [0.717, 1.165) is 102 Å². The minimum atomic E-state index is 0.717. The average molecular weight is 870 g/mol. The molecular weight excluding hydrogens is 823 g/mol. The summed E-state index contributed by atoms with van der Waals surface area (Å²) in [4.78, 5) is 15.7. The van der Waals surface area contributed by atoms with Crippen LogP contribution in [0.2, 0.25) is 0 Å². The van der Waals surface area contributed by atoms with Crippen molar-refractivity contribution in [2.45, 2.75) is 12.8 Å². The van der Waals surface area contributed by atoms with E-state index in [0.29, 0.717) is 5.84 Å². The van der Waals surface area contributed by atoms with Crippen LogP contribution < -0.4 is 0 Å². The molecule has 9 aromatic carbocycles. The van der Waals surface area contributed by atoms with E-state index in [9.17, 15) is 0 Å². The zero-order chi connectivity index (χ0) is 45.5. The number of aromatic nitrogens is 1. The molecule has 0 N–H and O–H groups in total. The van der Waals surface area contributed by atoms with Gasteiger partial charge in [0.2, 0.25) is 0 Å². The highest BCUT2D eigenvalue weighted by Crippen LogP contribution is 2.44. The molecule has 0 radical (unpaired) electrons. The van der Waals surface area contributed by atoms with Crippen LogP contribution in [0.5, 0.6) is 0 Å². The van der Waals surface area contributed by atoms with Crippen molar-refractivity contribution in [1.29, 1.82) is 0 Å². The lowest BCUT2D eigenvalue weighted by Crippen LogP contribution is -2.09. The topological polar surface area (TPSA) is 37.6 Å². The molecule has 68 heavy (non-hydrogen) atoms. The molecule has 0 aliphatic carbocycles. The Morgan fingerprint density at radius 1 is 0.279 bits per heavy atom. The van der Waals surface area contributed by atoms with Crippen LogP contribution in [0.3, 0.4) is 0 Å². The number of rotatable bonds is 10. The summed E-state index contributed by atoms with van der Waals surface area (Å²) in [5, 5.41) is 0. The van der Waals surface area contributed by atoms with E-state index in [2.05, 4.69) is 224 Å². The summed E-state index contributed by atoms with van der Waals surface area (Å²) >= 11 is 0. The fraction of sp³-hybridized carbons (Fsp3) is 0.0308. The first-order valence-corrected chi connectivity index (χ1v) is 23.3. The summed E-state index contributed by atoms with van der Waals surface area (Å²) in [6.07, 6.45) is 3.87. The first-order valence-electron chi connectivity index (χ1n) is 23.3. The standard InChI is InChI=1S/C65H47N3/c1-7-21-46(22-8-1)58-42-56(54-33-19-34-55(41-54)57-44-62(49-27-13-4-14-28-49)66-63(45-57)50-29-15-5-16-30-50)43-59(47-23-9-2-10-24-47)64(58)52-39-37-51(38-40-52)61-36-20-35-60(48-25-11-3-12-26-48)67-65(68-61)53-31-17-6-18-32-53/h1-19,21-35,37-45H,20,36H2/b60-35-,67-65-,68-61+. The van der Waals surface area contributed by atoms with E-state index in [1.807, 2.05) is 36.4 Å². The summed E-state index contributed by atoms with van der Waals surface area (Å²) in [7, 11) is 0. The lowest BCUT2D eigenvalue weighted by atomic mass is 9.84. The number of nitrogens with zero attached hydrogens (tertiary/aromatic N) is 3. The minimum Gasteiger partial charge on any atom is -0.248 e. The number of allylic oxidation sites excluding steroid dienone is 1. The number of aliphatic imine (C=N–C) groups is 2. The van der Waals surface area contributed by atoms with Gasteiger partial charge in [-0.15, -0.1) is 0 Å². The van der Waals surface area contributed by atoms with E-state index in [4.69, 9.17) is 15.0 Å². The van der Waals surface area contributed by atoms with Gasteiger partial charge in [0, 0.05) is 16.7 Å². The van der Waals surface area contributed by atoms with Crippen LogP contribution >= 0.6 is 0 Å². The van der Waals surface area contributed by atoms with E-state index >= 15 is 0 Å². The highest BCUT2D eigenvalue weighted by molar-refractivity contribution is 6.14. The SMILES string of the molecule is C1=C(c2ccccc2)/N=C(c2ccccc2)\N=C(\c2ccc(-c3c(-c4ccccc4)cc(-c4cccc(-c5cc(-c6ccccc6)nc(-c6ccccc6)c5)c4)cc3-c3ccccc3)cc2)CC\1. The quantitative estimate of drug-likeness (QED) is 0.135. The predicted octanol–water partition coefficient (Wildman–Crippen LogP) is 16.8. The average Bonchev–Trinajstić information content (AvgIpc) is 3.42. The zero-order valence-electron chi connectivity index (χ0n) is 37.6. The maximum absolute atomic E-state index is 5.32. The highest BCUT2D eigenvalue weighted by atomic mass is 14.9. The van der Waals surface area contributed by atoms with Gasteiger partial charge in [-0.05, 0) is 110 Å². The molecule has 0 atom stereocenters. The molecule has 1 aliphatic rings. The molecule has 1 aliphatic heterocycles. The number of pyridine rings is 1. The molecule has 322 valence electrons. The number of benzene rings is 9. The molecule has 0 saturated carbocycles. The second-order valence-corrected chi connectivity index (χ2v) is 17.0. The second kappa shape index (κ2) is 19.4. The van der Waals surface area contributed by atoms with Crippen LogP contribution in [0.15, 0.2) is 271 Å². The van der Waals surface area contributed by atoms with E-state index in [-0.39, 0.29) is 0 Å². The van der Waals surface area contributed by atoms with Gasteiger partial charge in [0.25, 0.3) is 0 Å². The van der Waals surface area contributed by atoms with E-state index in [1.165, 1.54) is 16.7 Å². The number of amidine groups is 1. The fourth-order valence-electron chi connectivity index (χ4n) is 9.16. The molecule has 0 unspecified atom stereocenters. The van der Waals surface area contributed by atoms with Gasteiger partial charge in [0.15, 0.2) is 5.84 Å². The lowest BCUT2D eigenvalue weighted by Gasteiger charge is -2.20. The van der Waals surface area contributed by atoms with Crippen molar-refractivity contribution in [1.82, 2.24) is 4.98 Å². The van der Waals surface area contributed by atoms with Crippen molar-refractivity contribution in [2.24, 2.45) is 9.98 Å². The third-order valence-corrected chi connectivity index (χ3v) is 12.6. The first kappa shape index (κ1) is 41.9. The van der Waals surface area contributed by atoms with Gasteiger partial charge in [-0.2, -0.15) is 0 Å². The van der Waals surface area contributed by atoms with Gasteiger partial charge < -0.3 is 0 Å². The highest BCUT2D eigenvalue weighted by Gasteiger charge is 2.19. The minimum absolute atomic E-state index is 0.717. The first-order chi connectivity index (χ1) is 33.7. The van der Waals surface area contributed by atoms with Crippen LogP contribution in [0.25, 0.3) is 83.8 Å². The molecule has 3 nitrogen and oxygen atoms in total. The smallest absolute Gasteiger partial charge is 0.160 e. The Labute approximate surface area is 398 Å². The molecule has 3 heteroatoms. The Balaban J connectivity index is 1.03. The van der Waals surface area contributed by atoms with Gasteiger partial charge >= 0.3 is 0 Å². The molecule has 11 rings (SSSR count). The van der Waals surface area contributed by atoms with Crippen molar-refractivity contribution >= 4 is 17.2 Å². The third kappa shape index (κ3) is 9.07. The van der Waals surface area contributed by atoms with Crippen LogP contribution in [-0.4, -0.2) is 16.5 Å². The van der Waals surface area contributed by atoms with Crippen LogP contribution in [-0.2, 0) is 0 Å². The van der Waals surface area contributed by atoms with E-state index < -0.39 is 0 Å². The lowest BCUT2D eigenvalue weighted by molar-refractivity contribution is 1.08. The Bertz CT molecular complexity index is 3320. The second-order valence-electron chi connectivity index (χ2n) is 17.0. The summed E-state index contributed by atoms with van der Waals surface area (Å²) in [5.74, 6) is 0.717. The van der Waals surface area contributed by atoms with Crippen molar-refractivity contribution in [3.63, 3.8) is 0 Å². The predicted molar refractivity (Wildman–Crippen MR) is 285 cm³/mol. The van der Waals surface area contributed by atoms with Crippen LogP contribution in [0.4, 0.5) is 0 Å². The molecular formula is C65H47N3. The molecule has 0 bridgehead atoms. The van der Waals surface area contributed by atoms with Crippen LogP contribution in [0, 0.1) is 0 Å². The number of hydrogen-bond donors (Lipinski definition) is 0. The Morgan fingerprint density at radius 3 is 1.19 bits per heavy atom. The molecule has 0 spiro atoms. The van der Waals surface area contributed by atoms with Crippen molar-refractivity contribution in [3.05, 3.63) is 278 Å². The third-order valence-electron chi connectivity index (χ3n) is 12.6. The molecule has 10 aromatic rings. The zero-order valence-corrected chi connectivity index (χ0v) is 37.6. The van der Waals surface area contributed by atoms with Gasteiger partial charge in [-0.25, -0.2) is 15.0 Å². The molecule has 0 fully saturated rings. The maximum Gasteiger partial charge on any atom is 0.160 e. The monoisotopic (exact) mass is 869 g/mol. The Kier molecular flexibility index (Phi) is 11.9. The summed E-state index contributed by atoms with van der Waals surface area (Å²) in [6, 6.07) is 90.4. The fourth-order valence-corrected chi connectivity index (χ4v) is 9.16. The largest absolute Gasteiger partial charge is 0.248 e. The van der Waals surface area contributed by atoms with Crippen LogP contribution in [0.1, 0.15) is 29.5 Å². The Hall–Kier alpha value is -8.79. The Morgan fingerprint density at radius 2 is 0.691 bits per heavy atom. The normalized spacial score (nSPS) is 14.9. The maximum atomic E-state index is 5.32. The van der Waals surface area contributed by atoms with Crippen molar-refractivity contribution < 1.29 is 0 Å². The summed E-state index contributed by atoms with van der Waals surface area (Å²) in [6.45, 7) is 0.